The Hall–Kier alpha value is -0.730. The summed E-state index contributed by atoms with van der Waals surface area (Å²) < 4.78 is 7.21. The maximum absolute atomic E-state index is 5.19. The summed E-state index contributed by atoms with van der Waals surface area (Å²) in [5.41, 5.74) is 1.87. The quantitative estimate of drug-likeness (QED) is 0.747. The highest BCUT2D eigenvalue weighted by atomic mass is 127. The van der Waals surface area contributed by atoms with Gasteiger partial charge in [0.2, 0.25) is 0 Å². The number of rotatable bonds is 4. The fourth-order valence-corrected chi connectivity index (χ4v) is 2.55. The Bertz CT molecular complexity index is 575. The van der Waals surface area contributed by atoms with Gasteiger partial charge in [-0.25, -0.2) is 9.97 Å². The van der Waals surface area contributed by atoms with E-state index in [9.17, 15) is 0 Å². The summed E-state index contributed by atoms with van der Waals surface area (Å²) in [5, 5.41) is 3.09. The predicted molar refractivity (Wildman–Crippen MR) is 88.1 cm³/mol. The van der Waals surface area contributed by atoms with Crippen molar-refractivity contribution in [2.75, 3.05) is 19.5 Å². The van der Waals surface area contributed by atoms with Crippen molar-refractivity contribution in [3.8, 4) is 11.4 Å². The first-order valence-electron chi connectivity index (χ1n) is 5.64. The average molecular weight is 434 g/mol. The zero-order chi connectivity index (χ0) is 13.8. The van der Waals surface area contributed by atoms with Gasteiger partial charge >= 0.3 is 0 Å². The van der Waals surface area contributed by atoms with E-state index in [1.165, 1.54) is 0 Å². The Morgan fingerprint density at radius 2 is 1.95 bits per heavy atom. The molecule has 2 rings (SSSR count). The van der Waals surface area contributed by atoms with Crippen molar-refractivity contribution >= 4 is 44.3 Å². The minimum Gasteiger partial charge on any atom is -0.378 e. The second-order valence-corrected chi connectivity index (χ2v) is 5.84. The highest BCUT2D eigenvalue weighted by Gasteiger charge is 2.12. The maximum Gasteiger partial charge on any atom is 0.161 e. The molecule has 0 saturated carbocycles. The van der Waals surface area contributed by atoms with Crippen LogP contribution >= 0.6 is 38.5 Å². The largest absolute Gasteiger partial charge is 0.378 e. The lowest BCUT2D eigenvalue weighted by Crippen LogP contribution is -2.06. The topological polar surface area (TPSA) is 47.0 Å². The molecule has 0 radical (unpaired) electrons. The van der Waals surface area contributed by atoms with Gasteiger partial charge in [-0.15, -0.1) is 0 Å². The smallest absolute Gasteiger partial charge is 0.161 e. The van der Waals surface area contributed by atoms with Crippen molar-refractivity contribution < 1.29 is 4.74 Å². The van der Waals surface area contributed by atoms with Gasteiger partial charge in [0.1, 0.15) is 5.82 Å². The highest BCUT2D eigenvalue weighted by molar-refractivity contribution is 14.1. The number of halogens is 2. The Morgan fingerprint density at radius 1 is 1.26 bits per heavy atom. The minimum atomic E-state index is 0.471. The second kappa shape index (κ2) is 6.62. The minimum absolute atomic E-state index is 0.471. The molecule has 2 aromatic rings. The molecule has 1 N–H and O–H groups in total. The number of nitrogens with zero attached hydrogens (tertiary/aromatic N) is 2. The van der Waals surface area contributed by atoms with Crippen molar-refractivity contribution in [3.63, 3.8) is 0 Å². The first-order chi connectivity index (χ1) is 9.15. The number of anilines is 1. The van der Waals surface area contributed by atoms with Gasteiger partial charge in [-0.1, -0.05) is 28.1 Å². The maximum atomic E-state index is 5.19. The standard InChI is InChI=1S/C13H13BrIN3O/c1-16-13-11(15)10(7-19-2)17-12(18-13)8-3-5-9(14)6-4-8/h3-6H,7H2,1-2H3,(H,16,17,18). The Balaban J connectivity index is 2.51. The zero-order valence-electron chi connectivity index (χ0n) is 10.6. The van der Waals surface area contributed by atoms with Crippen LogP contribution in [0.25, 0.3) is 11.4 Å². The number of nitrogens with one attached hydrogen (secondary N) is 1. The van der Waals surface area contributed by atoms with E-state index in [1.54, 1.807) is 7.11 Å². The lowest BCUT2D eigenvalue weighted by molar-refractivity contribution is 0.181. The molecule has 0 spiro atoms. The van der Waals surface area contributed by atoms with Crippen molar-refractivity contribution in [2.24, 2.45) is 0 Å². The van der Waals surface area contributed by atoms with Gasteiger partial charge in [-0.2, -0.15) is 0 Å². The molecule has 0 aliphatic carbocycles. The first kappa shape index (κ1) is 14.7. The first-order valence-corrected chi connectivity index (χ1v) is 7.52. The van der Waals surface area contributed by atoms with Crippen LogP contribution in [0.4, 0.5) is 5.82 Å². The van der Waals surface area contributed by atoms with Gasteiger partial charge in [0.05, 0.1) is 15.9 Å². The van der Waals surface area contributed by atoms with Crippen molar-refractivity contribution in [2.45, 2.75) is 6.61 Å². The SMILES string of the molecule is CNc1nc(-c2ccc(Br)cc2)nc(COC)c1I. The van der Waals surface area contributed by atoms with Crippen LogP contribution in [0.15, 0.2) is 28.7 Å². The molecule has 0 saturated heterocycles. The predicted octanol–water partition coefficient (Wildman–Crippen LogP) is 3.70. The lowest BCUT2D eigenvalue weighted by Gasteiger charge is -2.10. The van der Waals surface area contributed by atoms with E-state index in [-0.39, 0.29) is 0 Å². The Kier molecular flexibility index (Phi) is 5.12. The molecule has 100 valence electrons. The molecular formula is C13H13BrIN3O. The molecule has 4 nitrogen and oxygen atoms in total. The summed E-state index contributed by atoms with van der Waals surface area (Å²) in [7, 11) is 3.52. The molecule has 0 fully saturated rings. The molecule has 0 aliphatic heterocycles. The molecule has 0 aliphatic rings. The molecule has 1 heterocycles. The van der Waals surface area contributed by atoms with E-state index in [2.05, 4.69) is 53.8 Å². The normalized spacial score (nSPS) is 10.5. The van der Waals surface area contributed by atoms with E-state index in [0.717, 1.165) is 25.1 Å². The van der Waals surface area contributed by atoms with Crippen LogP contribution in [0, 0.1) is 3.57 Å². The third-order valence-corrected chi connectivity index (χ3v) is 4.20. The summed E-state index contributed by atoms with van der Waals surface area (Å²) in [6.07, 6.45) is 0. The Morgan fingerprint density at radius 3 is 2.53 bits per heavy atom. The van der Waals surface area contributed by atoms with E-state index >= 15 is 0 Å². The van der Waals surface area contributed by atoms with Crippen LogP contribution in [0.3, 0.4) is 0 Å². The van der Waals surface area contributed by atoms with E-state index < -0.39 is 0 Å². The summed E-state index contributed by atoms with van der Waals surface area (Å²) >= 11 is 5.65. The van der Waals surface area contributed by atoms with Crippen LogP contribution in [0.1, 0.15) is 5.69 Å². The Labute approximate surface area is 134 Å². The monoisotopic (exact) mass is 433 g/mol. The van der Waals surface area contributed by atoms with Crippen LogP contribution in [-0.2, 0) is 11.3 Å². The van der Waals surface area contributed by atoms with Gasteiger partial charge in [0.25, 0.3) is 0 Å². The third-order valence-electron chi connectivity index (χ3n) is 2.54. The van der Waals surface area contributed by atoms with Gasteiger partial charge < -0.3 is 10.1 Å². The van der Waals surface area contributed by atoms with Crippen LogP contribution < -0.4 is 5.32 Å². The van der Waals surface area contributed by atoms with Gasteiger partial charge in [0, 0.05) is 24.2 Å². The van der Waals surface area contributed by atoms with Gasteiger partial charge in [-0.05, 0) is 34.7 Å². The number of hydrogen-bond donors (Lipinski definition) is 1. The molecule has 0 bridgehead atoms. The number of ether oxygens (including phenoxy) is 1. The van der Waals surface area contributed by atoms with E-state index in [4.69, 9.17) is 4.74 Å². The molecule has 1 aromatic carbocycles. The highest BCUT2D eigenvalue weighted by Crippen LogP contribution is 2.25. The van der Waals surface area contributed by atoms with Crippen LogP contribution in [-0.4, -0.2) is 24.1 Å². The van der Waals surface area contributed by atoms with Gasteiger partial charge in [0.15, 0.2) is 5.82 Å². The van der Waals surface area contributed by atoms with Crippen molar-refractivity contribution in [3.05, 3.63) is 38.0 Å². The number of hydrogen-bond acceptors (Lipinski definition) is 4. The molecule has 0 unspecified atom stereocenters. The number of aromatic nitrogens is 2. The second-order valence-electron chi connectivity index (χ2n) is 3.85. The zero-order valence-corrected chi connectivity index (χ0v) is 14.3. The molecule has 1 aromatic heterocycles. The molecule has 19 heavy (non-hydrogen) atoms. The van der Waals surface area contributed by atoms with E-state index in [0.29, 0.717) is 12.4 Å². The van der Waals surface area contributed by atoms with Crippen molar-refractivity contribution in [1.29, 1.82) is 0 Å². The lowest BCUT2D eigenvalue weighted by atomic mass is 10.2. The van der Waals surface area contributed by atoms with Gasteiger partial charge in [-0.3, -0.25) is 0 Å². The molecule has 0 amide bonds. The summed E-state index contributed by atoms with van der Waals surface area (Å²) in [6, 6.07) is 7.93. The van der Waals surface area contributed by atoms with Crippen LogP contribution in [0.5, 0.6) is 0 Å². The summed E-state index contributed by atoms with van der Waals surface area (Å²) in [5.74, 6) is 1.52. The fourth-order valence-electron chi connectivity index (χ4n) is 1.62. The molecule has 0 atom stereocenters. The summed E-state index contributed by atoms with van der Waals surface area (Å²) in [4.78, 5) is 9.10. The molecule has 6 heteroatoms. The average Bonchev–Trinajstić information content (AvgIpc) is 2.42. The number of benzene rings is 1. The molecular weight excluding hydrogens is 421 g/mol. The van der Waals surface area contributed by atoms with E-state index in [1.807, 2.05) is 31.3 Å². The summed E-state index contributed by atoms with van der Waals surface area (Å²) in [6.45, 7) is 0.471. The fraction of sp³-hybridized carbons (Fsp3) is 0.231. The third kappa shape index (κ3) is 3.43. The van der Waals surface area contributed by atoms with Crippen molar-refractivity contribution in [1.82, 2.24) is 9.97 Å². The van der Waals surface area contributed by atoms with Crippen LogP contribution in [0.2, 0.25) is 0 Å². The number of methoxy groups -OCH3 is 1.